The molecule has 2 N–H and O–H groups in total. The molecule has 0 heterocycles. The van der Waals surface area contributed by atoms with Gasteiger partial charge < -0.3 is 5.73 Å². The van der Waals surface area contributed by atoms with Gasteiger partial charge in [0, 0.05) is 22.7 Å². The second-order valence-corrected chi connectivity index (χ2v) is 4.81. The third kappa shape index (κ3) is 3.03. The van der Waals surface area contributed by atoms with Crippen LogP contribution in [0.4, 0.5) is 5.69 Å². The van der Waals surface area contributed by atoms with Crippen LogP contribution in [0.1, 0.15) is 15.9 Å². The maximum atomic E-state index is 12.1. The zero-order valence-electron chi connectivity index (χ0n) is 9.49. The van der Waals surface area contributed by atoms with Crippen LogP contribution in [-0.4, -0.2) is 5.78 Å². The number of carbonyl (C=O) groups is 1. The second-order valence-electron chi connectivity index (χ2n) is 3.97. The number of anilines is 1. The summed E-state index contributed by atoms with van der Waals surface area (Å²) in [6.07, 6.45) is 0.254. The number of benzene rings is 2. The zero-order valence-corrected chi connectivity index (χ0v) is 11.0. The van der Waals surface area contributed by atoms with Crippen molar-refractivity contribution in [2.24, 2.45) is 0 Å². The van der Waals surface area contributed by atoms with Crippen molar-refractivity contribution in [3.63, 3.8) is 0 Å². The first-order valence-corrected chi connectivity index (χ1v) is 6.14. The molecule has 2 nitrogen and oxygen atoms in total. The minimum absolute atomic E-state index is 0.0745. The Labute approximate surface area is 115 Å². The third-order valence-electron chi connectivity index (χ3n) is 2.54. The molecule has 2 aromatic carbocycles. The Morgan fingerprint density at radius 1 is 1.11 bits per heavy atom. The lowest BCUT2D eigenvalue weighted by atomic mass is 10.0. The molecule has 18 heavy (non-hydrogen) atoms. The van der Waals surface area contributed by atoms with E-state index in [2.05, 4.69) is 0 Å². The SMILES string of the molecule is Nc1ccc(Cl)c(C(=O)Cc2cccc(Cl)c2)c1. The fourth-order valence-corrected chi connectivity index (χ4v) is 2.12. The fraction of sp³-hybridized carbons (Fsp3) is 0.0714. The summed E-state index contributed by atoms with van der Waals surface area (Å²) in [6.45, 7) is 0. The number of Topliss-reactive ketones (excluding diaryl/α,β-unsaturated/α-hetero) is 1. The molecule has 0 saturated carbocycles. The molecule has 0 aliphatic rings. The average molecular weight is 280 g/mol. The van der Waals surface area contributed by atoms with E-state index < -0.39 is 0 Å². The van der Waals surface area contributed by atoms with Crippen LogP contribution in [0.15, 0.2) is 42.5 Å². The summed E-state index contributed by atoms with van der Waals surface area (Å²) in [5.74, 6) is -0.0745. The van der Waals surface area contributed by atoms with Crippen LogP contribution >= 0.6 is 23.2 Å². The number of nitrogens with two attached hydrogens (primary N) is 1. The topological polar surface area (TPSA) is 43.1 Å². The van der Waals surface area contributed by atoms with E-state index in [-0.39, 0.29) is 12.2 Å². The normalized spacial score (nSPS) is 10.3. The number of halogens is 2. The quantitative estimate of drug-likeness (QED) is 0.682. The van der Waals surface area contributed by atoms with E-state index in [0.29, 0.717) is 21.3 Å². The van der Waals surface area contributed by atoms with Crippen LogP contribution in [0.3, 0.4) is 0 Å². The van der Waals surface area contributed by atoms with Gasteiger partial charge in [0.05, 0.1) is 5.02 Å². The van der Waals surface area contributed by atoms with Crippen molar-refractivity contribution in [3.8, 4) is 0 Å². The highest BCUT2D eigenvalue weighted by Gasteiger charge is 2.11. The number of ketones is 1. The first-order valence-electron chi connectivity index (χ1n) is 5.39. The Hall–Kier alpha value is -1.51. The first kappa shape index (κ1) is 12.9. The molecular formula is C14H11Cl2NO. The summed E-state index contributed by atoms with van der Waals surface area (Å²) in [5.41, 5.74) is 7.47. The third-order valence-corrected chi connectivity index (χ3v) is 3.11. The van der Waals surface area contributed by atoms with E-state index in [1.807, 2.05) is 12.1 Å². The van der Waals surface area contributed by atoms with Crippen molar-refractivity contribution in [1.82, 2.24) is 0 Å². The largest absolute Gasteiger partial charge is 0.399 e. The number of carbonyl (C=O) groups excluding carboxylic acids is 1. The molecule has 0 atom stereocenters. The van der Waals surface area contributed by atoms with Crippen LogP contribution in [0, 0.1) is 0 Å². The minimum atomic E-state index is -0.0745. The van der Waals surface area contributed by atoms with Gasteiger partial charge >= 0.3 is 0 Å². The van der Waals surface area contributed by atoms with Crippen LogP contribution in [0.5, 0.6) is 0 Å². The van der Waals surface area contributed by atoms with Gasteiger partial charge in [-0.3, -0.25) is 4.79 Å². The molecule has 0 fully saturated rings. The monoisotopic (exact) mass is 279 g/mol. The molecular weight excluding hydrogens is 269 g/mol. The number of nitrogen functional groups attached to an aromatic ring is 1. The van der Waals surface area contributed by atoms with E-state index in [9.17, 15) is 4.79 Å². The van der Waals surface area contributed by atoms with Crippen LogP contribution in [-0.2, 0) is 6.42 Å². The molecule has 0 spiro atoms. The molecule has 0 unspecified atom stereocenters. The summed E-state index contributed by atoms with van der Waals surface area (Å²) in [4.78, 5) is 12.1. The predicted molar refractivity (Wildman–Crippen MR) is 75.4 cm³/mol. The second kappa shape index (κ2) is 5.42. The zero-order chi connectivity index (χ0) is 13.1. The van der Waals surface area contributed by atoms with Crippen molar-refractivity contribution >= 4 is 34.7 Å². The van der Waals surface area contributed by atoms with Crippen LogP contribution in [0.25, 0.3) is 0 Å². The molecule has 4 heteroatoms. The Bertz CT molecular complexity index is 596. The Balaban J connectivity index is 2.24. The number of rotatable bonds is 3. The van der Waals surface area contributed by atoms with E-state index in [1.54, 1.807) is 30.3 Å². The predicted octanol–water partition coefficient (Wildman–Crippen LogP) is 4.00. The van der Waals surface area contributed by atoms with Crippen LogP contribution in [0.2, 0.25) is 10.0 Å². The summed E-state index contributed by atoms with van der Waals surface area (Å²) in [6, 6.07) is 12.1. The molecule has 0 aliphatic heterocycles. The summed E-state index contributed by atoms with van der Waals surface area (Å²) >= 11 is 11.9. The van der Waals surface area contributed by atoms with Crippen LogP contribution < -0.4 is 5.73 Å². The highest BCUT2D eigenvalue weighted by molar-refractivity contribution is 6.34. The smallest absolute Gasteiger partial charge is 0.168 e. The molecule has 0 aromatic heterocycles. The molecule has 0 bridgehead atoms. The van der Waals surface area contributed by atoms with Crippen molar-refractivity contribution in [3.05, 3.63) is 63.6 Å². The average Bonchev–Trinajstić information content (AvgIpc) is 2.32. The van der Waals surface area contributed by atoms with Gasteiger partial charge in [-0.1, -0.05) is 35.3 Å². The van der Waals surface area contributed by atoms with E-state index in [0.717, 1.165) is 5.56 Å². The fourth-order valence-electron chi connectivity index (χ4n) is 1.68. The molecule has 0 saturated heterocycles. The maximum Gasteiger partial charge on any atom is 0.168 e. The summed E-state index contributed by atoms with van der Waals surface area (Å²) in [5, 5.41) is 1.02. The molecule has 0 amide bonds. The minimum Gasteiger partial charge on any atom is -0.399 e. The molecule has 0 aliphatic carbocycles. The molecule has 0 radical (unpaired) electrons. The number of hydrogen-bond acceptors (Lipinski definition) is 2. The lowest BCUT2D eigenvalue weighted by Crippen LogP contribution is -2.05. The standard InChI is InChI=1S/C14H11Cl2NO/c15-10-3-1-2-9(6-10)7-14(18)12-8-11(17)4-5-13(12)16/h1-6,8H,7,17H2. The van der Waals surface area contributed by atoms with Gasteiger partial charge in [0.1, 0.15) is 0 Å². The van der Waals surface area contributed by atoms with E-state index in [1.165, 1.54) is 0 Å². The molecule has 2 aromatic rings. The van der Waals surface area contributed by atoms with Gasteiger partial charge in [-0.15, -0.1) is 0 Å². The Morgan fingerprint density at radius 3 is 2.61 bits per heavy atom. The van der Waals surface area contributed by atoms with Crippen molar-refractivity contribution < 1.29 is 4.79 Å². The lowest BCUT2D eigenvalue weighted by Gasteiger charge is -2.05. The van der Waals surface area contributed by atoms with Gasteiger partial charge in [-0.2, -0.15) is 0 Å². The van der Waals surface area contributed by atoms with E-state index >= 15 is 0 Å². The molecule has 92 valence electrons. The Kier molecular flexibility index (Phi) is 3.90. The first-order chi connectivity index (χ1) is 8.56. The lowest BCUT2D eigenvalue weighted by molar-refractivity contribution is 0.0993. The van der Waals surface area contributed by atoms with Gasteiger partial charge in [-0.05, 0) is 35.9 Å². The highest BCUT2D eigenvalue weighted by atomic mass is 35.5. The van der Waals surface area contributed by atoms with Gasteiger partial charge in [0.2, 0.25) is 0 Å². The van der Waals surface area contributed by atoms with E-state index in [4.69, 9.17) is 28.9 Å². The van der Waals surface area contributed by atoms with Gasteiger partial charge in [0.15, 0.2) is 5.78 Å². The van der Waals surface area contributed by atoms with Gasteiger partial charge in [-0.25, -0.2) is 0 Å². The van der Waals surface area contributed by atoms with Gasteiger partial charge in [0.25, 0.3) is 0 Å². The summed E-state index contributed by atoms with van der Waals surface area (Å²) < 4.78 is 0. The molecule has 2 rings (SSSR count). The van der Waals surface area contributed by atoms with Crippen molar-refractivity contribution in [2.75, 3.05) is 5.73 Å². The Morgan fingerprint density at radius 2 is 1.89 bits per heavy atom. The van der Waals surface area contributed by atoms with Crippen molar-refractivity contribution in [2.45, 2.75) is 6.42 Å². The number of hydrogen-bond donors (Lipinski definition) is 1. The van der Waals surface area contributed by atoms with Crippen molar-refractivity contribution in [1.29, 1.82) is 0 Å². The highest BCUT2D eigenvalue weighted by Crippen LogP contribution is 2.21. The maximum absolute atomic E-state index is 12.1. The summed E-state index contributed by atoms with van der Waals surface area (Å²) in [7, 11) is 0.